The lowest BCUT2D eigenvalue weighted by molar-refractivity contribution is -0.137. The number of Topliss-reactive ketones (excluding diaryl/α,β-unsaturated/α-hetero) is 1. The number of carbonyl (C=O) groups is 1. The molecule has 210 valence electrons. The molecule has 1 fully saturated rings. The monoisotopic (exact) mass is 581 g/mol. The van der Waals surface area contributed by atoms with E-state index in [1.165, 1.54) is 18.3 Å². The number of sulfone groups is 1. The highest BCUT2D eigenvalue weighted by atomic mass is 32.2. The maximum absolute atomic E-state index is 14.2. The molecule has 6 rings (SSSR count). The second-order valence-corrected chi connectivity index (χ2v) is 12.6. The molecule has 2 heterocycles. The van der Waals surface area contributed by atoms with Gasteiger partial charge in [0.1, 0.15) is 11.5 Å². The lowest BCUT2D eigenvalue weighted by Gasteiger charge is -2.43. The van der Waals surface area contributed by atoms with Crippen LogP contribution in [0.25, 0.3) is 11.8 Å². The van der Waals surface area contributed by atoms with Crippen LogP contribution in [0.15, 0.2) is 89.6 Å². The number of allylic oxidation sites excluding steroid dienone is 1. The first kappa shape index (κ1) is 27.1. The molecule has 4 aromatic rings. The molecular formula is C30H23F4N3O3S. The second-order valence-electron chi connectivity index (χ2n) is 10.3. The molecule has 0 unspecified atom stereocenters. The van der Waals surface area contributed by atoms with Crippen LogP contribution in [0.5, 0.6) is 0 Å². The van der Waals surface area contributed by atoms with E-state index in [2.05, 4.69) is 10.1 Å². The van der Waals surface area contributed by atoms with Gasteiger partial charge in [-0.25, -0.2) is 17.5 Å². The number of hydrogen-bond donors (Lipinski definition) is 0. The molecule has 0 radical (unpaired) electrons. The van der Waals surface area contributed by atoms with Gasteiger partial charge in [0.25, 0.3) is 0 Å². The van der Waals surface area contributed by atoms with Gasteiger partial charge in [-0.1, -0.05) is 11.6 Å². The summed E-state index contributed by atoms with van der Waals surface area (Å²) in [7, 11) is -4.07. The fraction of sp³-hybridized carbons (Fsp3) is 0.233. The number of carbonyl (C=O) groups excluding carboxylic acids is 1. The van der Waals surface area contributed by atoms with Crippen LogP contribution >= 0.6 is 0 Å². The van der Waals surface area contributed by atoms with E-state index in [0.29, 0.717) is 5.69 Å². The highest BCUT2D eigenvalue weighted by Gasteiger charge is 2.52. The Morgan fingerprint density at radius 1 is 1.00 bits per heavy atom. The third kappa shape index (κ3) is 4.67. The van der Waals surface area contributed by atoms with Gasteiger partial charge < -0.3 is 0 Å². The zero-order valence-corrected chi connectivity index (χ0v) is 22.3. The molecule has 11 heteroatoms. The Kier molecular flexibility index (Phi) is 6.44. The number of fused-ring (bicyclic) bond motifs is 2. The summed E-state index contributed by atoms with van der Waals surface area (Å²) < 4.78 is 81.9. The number of benzene rings is 2. The van der Waals surface area contributed by atoms with E-state index in [4.69, 9.17) is 0 Å². The molecule has 1 saturated carbocycles. The Morgan fingerprint density at radius 3 is 2.39 bits per heavy atom. The van der Waals surface area contributed by atoms with E-state index in [0.717, 1.165) is 41.1 Å². The summed E-state index contributed by atoms with van der Waals surface area (Å²) in [5.74, 6) is -0.711. The van der Waals surface area contributed by atoms with Crippen molar-refractivity contribution in [3.8, 4) is 5.69 Å². The van der Waals surface area contributed by atoms with Crippen molar-refractivity contribution in [2.75, 3.05) is 0 Å². The van der Waals surface area contributed by atoms with Gasteiger partial charge in [-0.2, -0.15) is 18.3 Å². The first-order chi connectivity index (χ1) is 19.5. The average Bonchev–Trinajstić information content (AvgIpc) is 3.37. The Bertz CT molecular complexity index is 1760. The molecule has 0 amide bonds. The van der Waals surface area contributed by atoms with E-state index in [9.17, 15) is 30.8 Å². The zero-order chi connectivity index (χ0) is 29.0. The summed E-state index contributed by atoms with van der Waals surface area (Å²) >= 11 is 0. The van der Waals surface area contributed by atoms with Crippen LogP contribution in [0.2, 0.25) is 0 Å². The van der Waals surface area contributed by atoms with Gasteiger partial charge in [0, 0.05) is 6.20 Å². The largest absolute Gasteiger partial charge is 0.416 e. The quantitative estimate of drug-likeness (QED) is 0.205. The predicted octanol–water partition coefficient (Wildman–Crippen LogP) is 6.26. The number of halogens is 4. The molecule has 2 atom stereocenters. The van der Waals surface area contributed by atoms with Crippen molar-refractivity contribution in [1.82, 2.24) is 14.8 Å². The maximum atomic E-state index is 14.2. The van der Waals surface area contributed by atoms with Crippen LogP contribution in [-0.4, -0.2) is 34.2 Å². The molecule has 0 N–H and O–H groups in total. The molecule has 0 bridgehead atoms. The summed E-state index contributed by atoms with van der Waals surface area (Å²) in [6, 6.07) is 14.2. The molecule has 0 spiro atoms. The summed E-state index contributed by atoms with van der Waals surface area (Å²) in [5, 5.41) is 3.47. The Balaban J connectivity index is 1.41. The summed E-state index contributed by atoms with van der Waals surface area (Å²) in [6.45, 7) is 0. The topological polar surface area (TPSA) is 81.9 Å². The Hall–Kier alpha value is -4.12. The van der Waals surface area contributed by atoms with Gasteiger partial charge in [-0.15, -0.1) is 0 Å². The smallest absolute Gasteiger partial charge is 0.291 e. The third-order valence-corrected chi connectivity index (χ3v) is 10.2. The fourth-order valence-electron chi connectivity index (χ4n) is 5.89. The molecule has 2 aliphatic rings. The van der Waals surface area contributed by atoms with E-state index in [-0.39, 0.29) is 47.9 Å². The van der Waals surface area contributed by atoms with E-state index >= 15 is 0 Å². The molecule has 0 aliphatic heterocycles. The van der Waals surface area contributed by atoms with Crippen molar-refractivity contribution in [3.05, 3.63) is 113 Å². The molecule has 2 aromatic heterocycles. The van der Waals surface area contributed by atoms with Gasteiger partial charge in [-0.3, -0.25) is 9.78 Å². The predicted molar refractivity (Wildman–Crippen MR) is 142 cm³/mol. The minimum absolute atomic E-state index is 0.0568. The first-order valence-electron chi connectivity index (χ1n) is 12.9. The van der Waals surface area contributed by atoms with Crippen LogP contribution in [-0.2, 0) is 22.4 Å². The fourth-order valence-corrected chi connectivity index (χ4v) is 7.72. The zero-order valence-electron chi connectivity index (χ0n) is 21.5. The van der Waals surface area contributed by atoms with Crippen LogP contribution in [0.4, 0.5) is 17.6 Å². The van der Waals surface area contributed by atoms with Gasteiger partial charge in [-0.05, 0) is 98.0 Å². The summed E-state index contributed by atoms with van der Waals surface area (Å²) in [4.78, 5) is 18.2. The van der Waals surface area contributed by atoms with Crippen LogP contribution in [0, 0.1) is 11.2 Å². The highest BCUT2D eigenvalue weighted by Crippen LogP contribution is 2.52. The first-order valence-corrected chi connectivity index (χ1v) is 14.4. The lowest BCUT2D eigenvalue weighted by Crippen LogP contribution is -2.45. The highest BCUT2D eigenvalue weighted by molar-refractivity contribution is 7.92. The Labute approximate surface area is 233 Å². The van der Waals surface area contributed by atoms with Crippen molar-refractivity contribution in [1.29, 1.82) is 0 Å². The number of nitrogens with zero attached hydrogens (tertiary/aromatic N) is 3. The van der Waals surface area contributed by atoms with Gasteiger partial charge in [0.15, 0.2) is 15.6 Å². The van der Waals surface area contributed by atoms with Crippen molar-refractivity contribution >= 4 is 21.7 Å². The molecule has 2 aliphatic carbocycles. The number of rotatable bonds is 5. The van der Waals surface area contributed by atoms with Crippen LogP contribution < -0.4 is 0 Å². The molecule has 41 heavy (non-hydrogen) atoms. The molecule has 0 saturated heterocycles. The number of hydrogen-bond acceptors (Lipinski definition) is 5. The summed E-state index contributed by atoms with van der Waals surface area (Å²) in [6.07, 6.45) is 0.952. The maximum Gasteiger partial charge on any atom is 0.416 e. The number of aromatic nitrogens is 3. The van der Waals surface area contributed by atoms with E-state index in [1.54, 1.807) is 41.2 Å². The Morgan fingerprint density at radius 2 is 1.73 bits per heavy atom. The lowest BCUT2D eigenvalue weighted by atomic mass is 9.61. The SMILES string of the molecule is O=C(c1ccccn1)[C@]12Cc3cnn(-c4ccc(F)cc4)c3C=C1CC[C@@H](S(=O)(=O)c1ccc(C(F)(F)F)cc1)C2. The number of alkyl halides is 3. The van der Waals surface area contributed by atoms with Crippen LogP contribution in [0.1, 0.15) is 46.6 Å². The molecule has 2 aromatic carbocycles. The van der Waals surface area contributed by atoms with Crippen molar-refractivity contribution in [3.63, 3.8) is 0 Å². The van der Waals surface area contributed by atoms with Gasteiger partial charge >= 0.3 is 6.18 Å². The number of pyridine rings is 1. The average molecular weight is 582 g/mol. The van der Waals surface area contributed by atoms with Crippen LogP contribution in [0.3, 0.4) is 0 Å². The molecular weight excluding hydrogens is 558 g/mol. The van der Waals surface area contributed by atoms with Gasteiger partial charge in [0.2, 0.25) is 0 Å². The minimum atomic E-state index is -4.59. The second kappa shape index (κ2) is 9.76. The van der Waals surface area contributed by atoms with Crippen molar-refractivity contribution < 1.29 is 30.8 Å². The van der Waals surface area contributed by atoms with Gasteiger partial charge in [0.05, 0.1) is 38.7 Å². The van der Waals surface area contributed by atoms with Crippen molar-refractivity contribution in [2.45, 2.75) is 42.0 Å². The standard InChI is InChI=1S/C30H23F4N3O3S/c31-22-7-9-23(10-8-22)37-27-15-21-6-13-25(41(39,40)24-11-4-20(5-12-24)30(32,33)34)17-29(21,16-19(27)18-36-37)28(38)26-3-1-2-14-35-26/h1-5,7-12,14-15,18,25H,6,13,16-17H2/t25-,29+/m1/s1. The molecule has 6 nitrogen and oxygen atoms in total. The normalized spacial score (nSPS) is 20.6. The van der Waals surface area contributed by atoms with E-state index < -0.39 is 32.2 Å². The number of ketones is 1. The van der Waals surface area contributed by atoms with Crippen molar-refractivity contribution in [2.24, 2.45) is 5.41 Å². The summed E-state index contributed by atoms with van der Waals surface area (Å²) in [5.41, 5.74) is 0.829. The van der Waals surface area contributed by atoms with E-state index in [1.807, 2.05) is 6.08 Å². The third-order valence-electron chi connectivity index (χ3n) is 7.97. The minimum Gasteiger partial charge on any atom is -0.291 e.